The lowest BCUT2D eigenvalue weighted by Gasteiger charge is -2.30. The van der Waals surface area contributed by atoms with Gasteiger partial charge in [0.2, 0.25) is 5.91 Å². The fourth-order valence-electron chi connectivity index (χ4n) is 2.51. The van der Waals surface area contributed by atoms with Gasteiger partial charge in [-0.3, -0.25) is 4.79 Å². The van der Waals surface area contributed by atoms with E-state index in [0.29, 0.717) is 17.5 Å². The molecule has 1 saturated carbocycles. The Morgan fingerprint density at radius 1 is 1.44 bits per heavy atom. The first-order chi connectivity index (χ1) is 7.61. The Labute approximate surface area is 103 Å². The number of carbonyl (C=O) groups is 1. The van der Waals surface area contributed by atoms with Crippen LogP contribution in [-0.4, -0.2) is 28.4 Å². The van der Waals surface area contributed by atoms with E-state index in [9.17, 15) is 4.79 Å². The van der Waals surface area contributed by atoms with Crippen LogP contribution in [0.2, 0.25) is 0 Å². The van der Waals surface area contributed by atoms with Crippen LogP contribution in [0.15, 0.2) is 0 Å². The zero-order chi connectivity index (χ0) is 12.1. The van der Waals surface area contributed by atoms with Crippen LogP contribution in [-0.2, 0) is 4.79 Å². The highest BCUT2D eigenvalue weighted by atomic mass is 32.1. The van der Waals surface area contributed by atoms with Crippen LogP contribution in [0.5, 0.6) is 0 Å². The molecule has 0 spiro atoms. The van der Waals surface area contributed by atoms with Crippen molar-refractivity contribution in [3.63, 3.8) is 0 Å². The van der Waals surface area contributed by atoms with Gasteiger partial charge in [0.15, 0.2) is 0 Å². The number of nitrogens with zero attached hydrogens (tertiary/aromatic N) is 1. The lowest BCUT2D eigenvalue weighted by Crippen LogP contribution is -2.45. The zero-order valence-corrected chi connectivity index (χ0v) is 11.1. The first kappa shape index (κ1) is 13.4. The van der Waals surface area contributed by atoms with E-state index in [4.69, 9.17) is 18.0 Å². The van der Waals surface area contributed by atoms with E-state index in [1.54, 1.807) is 0 Å². The third kappa shape index (κ3) is 2.94. The van der Waals surface area contributed by atoms with Gasteiger partial charge in [-0.1, -0.05) is 32.0 Å². The molecule has 1 rings (SSSR count). The highest BCUT2D eigenvalue weighted by Crippen LogP contribution is 2.25. The minimum absolute atomic E-state index is 0.129. The van der Waals surface area contributed by atoms with Crippen LogP contribution < -0.4 is 5.73 Å². The van der Waals surface area contributed by atoms with Gasteiger partial charge in [0.1, 0.15) is 0 Å². The second-order valence-corrected chi connectivity index (χ2v) is 4.90. The molecule has 0 saturated heterocycles. The number of thiocarbonyl (C=S) groups is 1. The van der Waals surface area contributed by atoms with Crippen molar-refractivity contribution in [2.75, 3.05) is 6.54 Å². The summed E-state index contributed by atoms with van der Waals surface area (Å²) in [6.07, 6.45) is 5.44. The first-order valence-electron chi connectivity index (χ1n) is 6.21. The smallest absolute Gasteiger partial charge is 0.232 e. The predicted octanol–water partition coefficient (Wildman–Crippen LogP) is 2.09. The molecule has 3 nitrogen and oxygen atoms in total. The Kier molecular flexibility index (Phi) is 5.19. The number of carbonyl (C=O) groups excluding carboxylic acids is 1. The van der Waals surface area contributed by atoms with Crippen LogP contribution >= 0.6 is 12.2 Å². The molecule has 1 atom stereocenters. The molecule has 0 aromatic heterocycles. The Hall–Kier alpha value is -0.640. The lowest BCUT2D eigenvalue weighted by atomic mass is 10.0. The molecule has 4 heteroatoms. The van der Waals surface area contributed by atoms with E-state index >= 15 is 0 Å². The number of rotatable bonds is 5. The molecule has 0 radical (unpaired) electrons. The van der Waals surface area contributed by atoms with Crippen LogP contribution in [0.4, 0.5) is 0 Å². The standard InChI is InChI=1S/C12H22N2OS/c1-3-10(11(13)16)12(15)14(4-2)9-7-5-6-8-9/h9-10H,3-8H2,1-2H3,(H2,13,16). The summed E-state index contributed by atoms with van der Waals surface area (Å²) >= 11 is 4.96. The summed E-state index contributed by atoms with van der Waals surface area (Å²) in [4.78, 5) is 14.6. The second-order valence-electron chi connectivity index (χ2n) is 4.43. The topological polar surface area (TPSA) is 46.3 Å². The normalized spacial score (nSPS) is 18.4. The van der Waals surface area contributed by atoms with Gasteiger partial charge < -0.3 is 10.6 Å². The van der Waals surface area contributed by atoms with Crippen LogP contribution in [0.3, 0.4) is 0 Å². The van der Waals surface area contributed by atoms with Crippen molar-refractivity contribution in [3.05, 3.63) is 0 Å². The Morgan fingerprint density at radius 3 is 2.38 bits per heavy atom. The summed E-state index contributed by atoms with van der Waals surface area (Å²) in [5, 5.41) is 0. The summed E-state index contributed by atoms with van der Waals surface area (Å²) in [7, 11) is 0. The molecule has 1 aliphatic rings. The van der Waals surface area contributed by atoms with Crippen LogP contribution in [0.25, 0.3) is 0 Å². The average Bonchev–Trinajstić information content (AvgIpc) is 2.72. The van der Waals surface area contributed by atoms with E-state index < -0.39 is 0 Å². The summed E-state index contributed by atoms with van der Waals surface area (Å²) in [6.45, 7) is 4.76. The van der Waals surface area contributed by atoms with E-state index in [2.05, 4.69) is 0 Å². The van der Waals surface area contributed by atoms with E-state index in [1.807, 2.05) is 18.7 Å². The van der Waals surface area contributed by atoms with E-state index in [-0.39, 0.29) is 11.8 Å². The van der Waals surface area contributed by atoms with Gasteiger partial charge in [0.25, 0.3) is 0 Å². The largest absolute Gasteiger partial charge is 0.393 e. The molecular weight excluding hydrogens is 220 g/mol. The molecular formula is C12H22N2OS. The maximum Gasteiger partial charge on any atom is 0.232 e. The maximum absolute atomic E-state index is 12.3. The third-order valence-electron chi connectivity index (χ3n) is 3.44. The minimum atomic E-state index is -0.268. The number of hydrogen-bond donors (Lipinski definition) is 1. The highest BCUT2D eigenvalue weighted by Gasteiger charge is 2.30. The fraction of sp³-hybridized carbons (Fsp3) is 0.833. The maximum atomic E-state index is 12.3. The van der Waals surface area contributed by atoms with Crippen molar-refractivity contribution >= 4 is 23.1 Å². The molecule has 1 fully saturated rings. The van der Waals surface area contributed by atoms with Crippen molar-refractivity contribution in [2.24, 2.45) is 11.7 Å². The van der Waals surface area contributed by atoms with E-state index in [0.717, 1.165) is 19.4 Å². The molecule has 92 valence electrons. The zero-order valence-electron chi connectivity index (χ0n) is 10.2. The Morgan fingerprint density at radius 2 is 2.00 bits per heavy atom. The van der Waals surface area contributed by atoms with Gasteiger partial charge in [-0.2, -0.15) is 0 Å². The Balaban J connectivity index is 2.70. The van der Waals surface area contributed by atoms with Gasteiger partial charge in [-0.05, 0) is 26.2 Å². The predicted molar refractivity (Wildman–Crippen MR) is 70.2 cm³/mol. The molecule has 0 aliphatic heterocycles. The van der Waals surface area contributed by atoms with Crippen molar-refractivity contribution in [1.29, 1.82) is 0 Å². The average molecular weight is 242 g/mol. The van der Waals surface area contributed by atoms with Crippen molar-refractivity contribution < 1.29 is 4.79 Å². The second kappa shape index (κ2) is 6.18. The minimum Gasteiger partial charge on any atom is -0.393 e. The lowest BCUT2D eigenvalue weighted by molar-refractivity contribution is -0.135. The molecule has 0 bridgehead atoms. The molecule has 1 aliphatic carbocycles. The summed E-state index contributed by atoms with van der Waals surface area (Å²) in [6, 6.07) is 0.417. The van der Waals surface area contributed by atoms with Gasteiger partial charge in [0.05, 0.1) is 10.9 Å². The van der Waals surface area contributed by atoms with Gasteiger partial charge in [-0.25, -0.2) is 0 Å². The molecule has 16 heavy (non-hydrogen) atoms. The number of amides is 1. The van der Waals surface area contributed by atoms with Crippen molar-refractivity contribution in [3.8, 4) is 0 Å². The van der Waals surface area contributed by atoms with Crippen molar-refractivity contribution in [1.82, 2.24) is 4.90 Å². The summed E-state index contributed by atoms with van der Waals surface area (Å²) in [5.41, 5.74) is 5.62. The summed E-state index contributed by atoms with van der Waals surface area (Å²) < 4.78 is 0. The van der Waals surface area contributed by atoms with E-state index in [1.165, 1.54) is 12.8 Å². The van der Waals surface area contributed by atoms with Crippen molar-refractivity contribution in [2.45, 2.75) is 52.0 Å². The molecule has 0 heterocycles. The quantitative estimate of drug-likeness (QED) is 0.751. The first-order valence-corrected chi connectivity index (χ1v) is 6.62. The molecule has 0 aromatic carbocycles. The monoisotopic (exact) mass is 242 g/mol. The highest BCUT2D eigenvalue weighted by molar-refractivity contribution is 7.80. The molecule has 2 N–H and O–H groups in total. The van der Waals surface area contributed by atoms with Crippen LogP contribution in [0, 0.1) is 5.92 Å². The van der Waals surface area contributed by atoms with Gasteiger partial charge >= 0.3 is 0 Å². The summed E-state index contributed by atoms with van der Waals surface area (Å²) in [5.74, 6) is -0.139. The molecule has 1 amide bonds. The SMILES string of the molecule is CCC(C(=O)N(CC)C1CCCC1)C(N)=S. The fourth-order valence-corrected chi connectivity index (χ4v) is 2.78. The van der Waals surface area contributed by atoms with Gasteiger partial charge in [0, 0.05) is 12.6 Å². The molecule has 1 unspecified atom stereocenters. The molecule has 0 aromatic rings. The Bertz CT molecular complexity index is 262. The number of nitrogens with two attached hydrogens (primary N) is 1. The third-order valence-corrected chi connectivity index (χ3v) is 3.72. The van der Waals surface area contributed by atoms with Gasteiger partial charge in [-0.15, -0.1) is 0 Å². The number of hydrogen-bond acceptors (Lipinski definition) is 2. The van der Waals surface area contributed by atoms with Crippen LogP contribution in [0.1, 0.15) is 46.0 Å².